The van der Waals surface area contributed by atoms with E-state index in [1.807, 2.05) is 102 Å². The lowest BCUT2D eigenvalue weighted by Gasteiger charge is -2.40. The number of carbonyl (C=O) groups is 2. The smallest absolute Gasteiger partial charge is 0.407 e. The predicted octanol–water partition coefficient (Wildman–Crippen LogP) is 7.00. The molecule has 2 aliphatic rings. The molecule has 2 unspecified atom stereocenters. The van der Waals surface area contributed by atoms with E-state index in [0.29, 0.717) is 57.5 Å². The number of amides is 2. The van der Waals surface area contributed by atoms with Crippen LogP contribution in [0.15, 0.2) is 85.7 Å². The fourth-order valence-electron chi connectivity index (χ4n) is 9.51. The number of anilines is 2. The maximum atomic E-state index is 13.5. The number of alkyl carbamates (subject to hydrolysis) is 1. The summed E-state index contributed by atoms with van der Waals surface area (Å²) in [5.41, 5.74) is 7.58. The lowest BCUT2D eigenvalue weighted by Crippen LogP contribution is -2.53. The summed E-state index contributed by atoms with van der Waals surface area (Å²) in [5, 5.41) is 7.61. The number of aromatic nitrogens is 6. The van der Waals surface area contributed by atoms with E-state index in [4.69, 9.17) is 23.3 Å². The molecule has 2 amide bonds. The van der Waals surface area contributed by atoms with Crippen LogP contribution in [0.25, 0.3) is 55.7 Å². The molecule has 10 rings (SSSR count). The van der Waals surface area contributed by atoms with E-state index in [2.05, 4.69) is 49.2 Å². The van der Waals surface area contributed by atoms with Crippen molar-refractivity contribution in [2.45, 2.75) is 86.9 Å². The van der Waals surface area contributed by atoms with E-state index in [9.17, 15) is 19.2 Å². The van der Waals surface area contributed by atoms with Crippen LogP contribution in [0, 0.1) is 27.7 Å². The number of nitrogens with one attached hydrogen (secondary N) is 2. The number of ether oxygens (including phenoxy) is 2. The molecule has 2 aliphatic heterocycles. The van der Waals surface area contributed by atoms with Gasteiger partial charge in [-0.2, -0.15) is 0 Å². The maximum Gasteiger partial charge on any atom is 0.407 e. The molecule has 19 nitrogen and oxygen atoms in total. The molecule has 19 heteroatoms. The molecule has 72 heavy (non-hydrogen) atoms. The number of nitrogens with zero attached hydrogens (tertiary/aromatic N) is 9. The minimum absolute atomic E-state index is 0.0993. The number of aryl methyl sites for hydroxylation is 4. The Hall–Kier alpha value is -7.80. The van der Waals surface area contributed by atoms with Crippen molar-refractivity contribution >= 4 is 56.6 Å². The summed E-state index contributed by atoms with van der Waals surface area (Å²) in [6, 6.07) is 14.0. The summed E-state index contributed by atoms with van der Waals surface area (Å²) in [5.74, 6) is 0.450. The Morgan fingerprint density at radius 2 is 1.39 bits per heavy atom. The number of imidazole rings is 2. The van der Waals surface area contributed by atoms with Crippen molar-refractivity contribution in [3.63, 3.8) is 0 Å². The Bertz CT molecular complexity index is 3500. The van der Waals surface area contributed by atoms with E-state index in [-0.39, 0.29) is 30.7 Å². The summed E-state index contributed by atoms with van der Waals surface area (Å²) in [7, 11) is 0. The first kappa shape index (κ1) is 49.2. The maximum absolute atomic E-state index is 13.5. The van der Waals surface area contributed by atoms with Gasteiger partial charge in [0, 0.05) is 112 Å². The van der Waals surface area contributed by atoms with Gasteiger partial charge >= 0.3 is 17.3 Å². The van der Waals surface area contributed by atoms with E-state index in [1.54, 1.807) is 33.9 Å². The van der Waals surface area contributed by atoms with Gasteiger partial charge in [0.05, 0.1) is 46.0 Å². The van der Waals surface area contributed by atoms with Crippen LogP contribution in [0.1, 0.15) is 64.3 Å². The van der Waals surface area contributed by atoms with Crippen LogP contribution in [-0.4, -0.2) is 116 Å². The molecule has 2 fully saturated rings. The quantitative estimate of drug-likeness (QED) is 0.116. The van der Waals surface area contributed by atoms with Crippen molar-refractivity contribution in [1.82, 2.24) is 44.3 Å². The number of fused-ring (bicyclic) bond motifs is 4. The minimum Gasteiger partial charge on any atom is -0.490 e. The van der Waals surface area contributed by atoms with Crippen molar-refractivity contribution in [2.24, 2.45) is 0 Å². The molecule has 0 spiro atoms. The molecule has 6 aromatic heterocycles. The minimum atomic E-state index is -0.610. The Kier molecular flexibility index (Phi) is 13.5. The molecule has 0 radical (unpaired) electrons. The standard InChI is InChI=1S/C29H36N6O5.C24H25N5O3/c1-17-14-34(11-9-30-17)20-7-8-21-23(13-20)39-27(36)24(22-16-35-15-18(2)32-19(3)26(35)33-22)25(21)38-12-10-31-28(37)40-29(4,5)6;1-14-11-28-13-21(26-23(28)16(3)25-14)20-9-18-5-6-19(10-22(18)32-24(20)31)27-7-8-29(17(4)30)15(2)12-27/h7-8,13,15-17,30H,9-12,14H2,1-6H3,(H,31,37);5-6,9-11,13,15H,7-8,12H2,1-4H3. The first-order valence-electron chi connectivity index (χ1n) is 24.2. The first-order valence-corrected chi connectivity index (χ1v) is 24.2. The molecule has 0 bridgehead atoms. The molecular formula is C53H61N11O8. The van der Waals surface area contributed by atoms with Crippen LogP contribution >= 0.6 is 0 Å². The second-order valence-electron chi connectivity index (χ2n) is 19.7. The average molecular weight is 980 g/mol. The lowest BCUT2D eigenvalue weighted by atomic mass is 10.1. The Morgan fingerprint density at radius 3 is 2.04 bits per heavy atom. The van der Waals surface area contributed by atoms with Gasteiger partial charge in [0.15, 0.2) is 11.3 Å². The molecule has 2 aromatic carbocycles. The normalized spacial score (nSPS) is 16.3. The van der Waals surface area contributed by atoms with Crippen LogP contribution in [0.3, 0.4) is 0 Å². The number of piperazine rings is 2. The molecule has 2 saturated heterocycles. The van der Waals surface area contributed by atoms with Gasteiger partial charge in [-0.3, -0.25) is 14.8 Å². The zero-order chi connectivity index (χ0) is 51.2. The third-order valence-corrected chi connectivity index (χ3v) is 12.7. The average Bonchev–Trinajstić information content (AvgIpc) is 3.94. The van der Waals surface area contributed by atoms with Gasteiger partial charge in [0.25, 0.3) is 0 Å². The van der Waals surface area contributed by atoms with Gasteiger partial charge < -0.3 is 52.4 Å². The van der Waals surface area contributed by atoms with Crippen LogP contribution in [0.4, 0.5) is 16.2 Å². The second-order valence-corrected chi connectivity index (χ2v) is 19.7. The van der Waals surface area contributed by atoms with Gasteiger partial charge in [-0.05, 0) is 92.6 Å². The molecule has 0 saturated carbocycles. The van der Waals surface area contributed by atoms with E-state index < -0.39 is 22.9 Å². The highest BCUT2D eigenvalue weighted by molar-refractivity contribution is 5.92. The SMILES string of the molecule is CC(=O)N1CCN(c2ccc3cc(-c4cn5cc(C)nc(C)c5n4)c(=O)oc3c2)CC1C.Cc1cn2cc(-c3c(OCCNC(=O)OC(C)(C)C)c4ccc(N5CCNC(C)C5)cc4oc3=O)nc2c(C)n1. The zero-order valence-corrected chi connectivity index (χ0v) is 42.5. The fourth-order valence-corrected chi connectivity index (χ4v) is 9.51. The monoisotopic (exact) mass is 979 g/mol. The van der Waals surface area contributed by atoms with Crippen molar-refractivity contribution in [3.05, 3.63) is 111 Å². The van der Waals surface area contributed by atoms with E-state index >= 15 is 0 Å². The number of hydrogen-bond donors (Lipinski definition) is 2. The van der Waals surface area contributed by atoms with E-state index in [0.717, 1.165) is 77.9 Å². The number of carbonyl (C=O) groups excluding carboxylic acids is 2. The van der Waals surface area contributed by atoms with Gasteiger partial charge in [0.2, 0.25) is 5.91 Å². The third-order valence-electron chi connectivity index (χ3n) is 12.7. The lowest BCUT2D eigenvalue weighted by molar-refractivity contribution is -0.131. The topological polar surface area (TPSA) is 207 Å². The molecule has 2 atom stereocenters. The fraction of sp³-hybridized carbons (Fsp3) is 0.396. The van der Waals surface area contributed by atoms with Gasteiger partial charge in [-0.1, -0.05) is 0 Å². The predicted molar refractivity (Wildman–Crippen MR) is 276 cm³/mol. The Balaban J connectivity index is 0.000000182. The van der Waals surface area contributed by atoms with Crippen molar-refractivity contribution in [1.29, 1.82) is 0 Å². The summed E-state index contributed by atoms with van der Waals surface area (Å²) < 4.78 is 26.8. The van der Waals surface area contributed by atoms with Crippen LogP contribution in [0.5, 0.6) is 5.75 Å². The van der Waals surface area contributed by atoms with Gasteiger partial charge in [-0.15, -0.1) is 0 Å². The highest BCUT2D eigenvalue weighted by atomic mass is 16.6. The molecule has 8 aromatic rings. The third kappa shape index (κ3) is 10.5. The van der Waals surface area contributed by atoms with Crippen LogP contribution < -0.4 is 36.4 Å². The molecule has 2 N–H and O–H groups in total. The van der Waals surface area contributed by atoms with Crippen LogP contribution in [-0.2, 0) is 9.53 Å². The van der Waals surface area contributed by atoms with Crippen molar-refractivity contribution in [3.8, 4) is 28.3 Å². The van der Waals surface area contributed by atoms with E-state index in [1.165, 1.54) is 0 Å². The number of hydrogen-bond acceptors (Lipinski definition) is 15. The van der Waals surface area contributed by atoms with Gasteiger partial charge in [0.1, 0.15) is 40.4 Å². The highest BCUT2D eigenvalue weighted by Crippen LogP contribution is 2.36. The van der Waals surface area contributed by atoms with Crippen molar-refractivity contribution < 1.29 is 27.9 Å². The molecule has 0 aliphatic carbocycles. The first-order chi connectivity index (χ1) is 34.3. The van der Waals surface area contributed by atoms with Crippen molar-refractivity contribution in [2.75, 3.05) is 62.2 Å². The molecule has 8 heterocycles. The zero-order valence-electron chi connectivity index (χ0n) is 42.5. The summed E-state index contributed by atoms with van der Waals surface area (Å²) >= 11 is 0. The molecular weight excluding hydrogens is 919 g/mol. The largest absolute Gasteiger partial charge is 0.490 e. The van der Waals surface area contributed by atoms with Crippen LogP contribution in [0.2, 0.25) is 0 Å². The summed E-state index contributed by atoms with van der Waals surface area (Å²) in [6.45, 7) is 23.8. The Labute approximate surface area is 415 Å². The van der Waals surface area contributed by atoms with Gasteiger partial charge in [-0.25, -0.2) is 24.4 Å². The molecule has 376 valence electrons. The summed E-state index contributed by atoms with van der Waals surface area (Å²) in [6.07, 6.45) is 6.81. The number of benzene rings is 2. The summed E-state index contributed by atoms with van der Waals surface area (Å²) in [4.78, 5) is 74.8. The second kappa shape index (κ2) is 19.8. The Morgan fingerprint density at radius 1 is 0.764 bits per heavy atom. The highest BCUT2D eigenvalue weighted by Gasteiger charge is 2.27. The number of rotatable bonds is 8.